The van der Waals surface area contributed by atoms with Gasteiger partial charge in [-0.3, -0.25) is 5.21 Å². The lowest BCUT2D eigenvalue weighted by Crippen LogP contribution is -2.74. The Morgan fingerprint density at radius 3 is 2.73 bits per heavy atom. The molecule has 0 saturated heterocycles. The van der Waals surface area contributed by atoms with E-state index in [1.54, 1.807) is 39.0 Å². The maximum atomic E-state index is 11.8. The molecule has 0 aliphatic heterocycles. The molecule has 8 nitrogen and oxygen atoms in total. The third-order valence-corrected chi connectivity index (χ3v) is 3.42. The number of para-hydroxylation sites is 1. The number of allylic oxidation sites excluding steroid dienone is 4. The van der Waals surface area contributed by atoms with Crippen molar-refractivity contribution in [3.8, 4) is 5.75 Å². The molecule has 1 aliphatic rings. The highest BCUT2D eigenvalue weighted by Gasteiger charge is 2.30. The van der Waals surface area contributed by atoms with Gasteiger partial charge < -0.3 is 14.6 Å². The summed E-state index contributed by atoms with van der Waals surface area (Å²) in [5, 5.41) is 29.8. The van der Waals surface area contributed by atoms with Crippen LogP contribution in [0.2, 0.25) is 0 Å². The Kier molecular flexibility index (Phi) is 6.01. The van der Waals surface area contributed by atoms with E-state index in [2.05, 4.69) is 0 Å². The molecule has 1 aromatic carbocycles. The molecule has 0 heterocycles. The SMILES string of the molecule is CC(C)(C)OC(=O)COC1=CC=CC/C1=[N+](/O)c1cccc(O)c1[NH2+]O. The highest BCUT2D eigenvalue weighted by atomic mass is 16.6. The Bertz CT molecular complexity index is 774. The molecule has 0 atom stereocenters. The van der Waals surface area contributed by atoms with E-state index in [9.17, 15) is 20.3 Å². The number of carbonyl (C=O) groups excluding carboxylic acids is 1. The molecule has 8 heteroatoms. The number of phenolic OH excluding ortho intramolecular Hbond substituents is 1. The summed E-state index contributed by atoms with van der Waals surface area (Å²) in [6.45, 7) is 4.97. The average molecular weight is 364 g/mol. The molecule has 2 rings (SSSR count). The van der Waals surface area contributed by atoms with E-state index in [0.717, 1.165) is 4.74 Å². The van der Waals surface area contributed by atoms with Gasteiger partial charge in [-0.1, -0.05) is 18.2 Å². The van der Waals surface area contributed by atoms with Crippen LogP contribution in [0.4, 0.5) is 11.4 Å². The molecule has 0 radical (unpaired) electrons. The molecular formula is C18H24N2O6+2. The van der Waals surface area contributed by atoms with Gasteiger partial charge >= 0.3 is 11.7 Å². The minimum atomic E-state index is -0.621. The number of esters is 1. The molecule has 0 bridgehead atoms. The first kappa shape index (κ1) is 19.5. The van der Waals surface area contributed by atoms with Crippen LogP contribution in [0.1, 0.15) is 27.2 Å². The van der Waals surface area contributed by atoms with Gasteiger partial charge in [0.15, 0.2) is 18.1 Å². The molecule has 0 saturated carbocycles. The molecule has 140 valence electrons. The fraction of sp³-hybridized carbons (Fsp3) is 0.333. The van der Waals surface area contributed by atoms with Crippen molar-refractivity contribution < 1.29 is 40.0 Å². The van der Waals surface area contributed by atoms with Gasteiger partial charge in [-0.15, -0.1) is 0 Å². The Hall–Kier alpha value is -2.84. The van der Waals surface area contributed by atoms with Crippen molar-refractivity contribution in [2.24, 2.45) is 0 Å². The van der Waals surface area contributed by atoms with E-state index in [4.69, 9.17) is 9.47 Å². The van der Waals surface area contributed by atoms with Crippen LogP contribution in [-0.4, -0.2) is 44.1 Å². The molecular weight excluding hydrogens is 340 g/mol. The van der Waals surface area contributed by atoms with E-state index in [0.29, 0.717) is 17.6 Å². The highest BCUT2D eigenvalue weighted by Crippen LogP contribution is 2.29. The Morgan fingerprint density at radius 2 is 2.08 bits per heavy atom. The van der Waals surface area contributed by atoms with Gasteiger partial charge in [0.25, 0.3) is 11.4 Å². The van der Waals surface area contributed by atoms with Gasteiger partial charge in [-0.2, -0.15) is 5.48 Å². The number of rotatable bonds is 5. The van der Waals surface area contributed by atoms with Crippen molar-refractivity contribution in [3.05, 3.63) is 42.2 Å². The molecule has 1 aromatic rings. The standard InChI is InChI=1S/C18H22N2O6/c1-18(2,3)26-16(22)11-25-15-10-5-4-7-12(15)20(24)13-8-6-9-14(21)17(13)19-23/h4-6,8-10,19,23H,7,11H2,1-3H3,(H-,21,24)/p+2/b20-12-. The van der Waals surface area contributed by atoms with E-state index >= 15 is 0 Å². The first-order chi connectivity index (χ1) is 12.2. The van der Waals surface area contributed by atoms with Crippen molar-refractivity contribution in [2.45, 2.75) is 32.8 Å². The first-order valence-electron chi connectivity index (χ1n) is 8.09. The van der Waals surface area contributed by atoms with Crippen molar-refractivity contribution in [1.82, 2.24) is 0 Å². The second-order valence-corrected chi connectivity index (χ2v) is 6.64. The number of benzene rings is 1. The van der Waals surface area contributed by atoms with E-state index in [-0.39, 0.29) is 29.5 Å². The summed E-state index contributed by atoms with van der Waals surface area (Å²) in [5.41, 5.74) is 0.667. The van der Waals surface area contributed by atoms with Gasteiger partial charge in [-0.05, 0) is 32.9 Å². The van der Waals surface area contributed by atoms with Crippen LogP contribution in [0.25, 0.3) is 0 Å². The third-order valence-electron chi connectivity index (χ3n) is 3.42. The number of nitrogens with two attached hydrogens (primary N) is 1. The van der Waals surface area contributed by atoms with E-state index in [1.807, 2.05) is 0 Å². The summed E-state index contributed by atoms with van der Waals surface area (Å²) in [6, 6.07) is 4.45. The zero-order valence-electron chi connectivity index (χ0n) is 15.0. The number of ether oxygens (including phenoxy) is 2. The molecule has 0 spiro atoms. The zero-order valence-corrected chi connectivity index (χ0v) is 15.0. The third kappa shape index (κ3) is 4.84. The summed E-state index contributed by atoms with van der Waals surface area (Å²) in [4.78, 5) is 11.8. The van der Waals surface area contributed by atoms with Gasteiger partial charge in [-0.25, -0.2) is 10.0 Å². The number of hydrogen-bond donors (Lipinski definition) is 4. The summed E-state index contributed by atoms with van der Waals surface area (Å²) in [6.07, 6.45) is 5.47. The lowest BCUT2D eigenvalue weighted by molar-refractivity contribution is -0.830. The minimum absolute atomic E-state index is 0.0588. The summed E-state index contributed by atoms with van der Waals surface area (Å²) in [5.74, 6) is -0.428. The monoisotopic (exact) mass is 364 g/mol. The Morgan fingerprint density at radius 1 is 1.35 bits per heavy atom. The predicted molar refractivity (Wildman–Crippen MR) is 91.8 cm³/mol. The molecule has 5 N–H and O–H groups in total. The number of quaternary nitrogens is 1. The lowest BCUT2D eigenvalue weighted by Gasteiger charge is -2.19. The second kappa shape index (κ2) is 8.03. The number of carbonyl (C=O) groups is 1. The maximum absolute atomic E-state index is 11.8. The van der Waals surface area contributed by atoms with Gasteiger partial charge in [0.05, 0.1) is 6.42 Å². The molecule has 26 heavy (non-hydrogen) atoms. The van der Waals surface area contributed by atoms with Crippen molar-refractivity contribution in [3.63, 3.8) is 0 Å². The molecule has 0 aromatic heterocycles. The normalized spacial score (nSPS) is 16.1. The number of phenols is 1. The first-order valence-corrected chi connectivity index (χ1v) is 8.09. The van der Waals surface area contributed by atoms with Crippen molar-refractivity contribution in [2.75, 3.05) is 6.61 Å². The van der Waals surface area contributed by atoms with Crippen LogP contribution < -0.4 is 5.48 Å². The van der Waals surface area contributed by atoms with E-state index in [1.165, 1.54) is 18.2 Å². The molecule has 0 unspecified atom stereocenters. The number of nitrogens with zero attached hydrogens (tertiary/aromatic N) is 1. The predicted octanol–water partition coefficient (Wildman–Crippen LogP) is 1.65. The van der Waals surface area contributed by atoms with Crippen LogP contribution in [0.15, 0.2) is 42.2 Å². The van der Waals surface area contributed by atoms with Crippen LogP contribution >= 0.6 is 0 Å². The molecule has 0 fully saturated rings. The number of hydrogen-bond acceptors (Lipinski definition) is 6. The average Bonchev–Trinajstić information content (AvgIpc) is 2.58. The zero-order chi connectivity index (χ0) is 19.3. The largest absolute Gasteiger partial charge is 0.502 e. The van der Waals surface area contributed by atoms with Crippen LogP contribution in [0.3, 0.4) is 0 Å². The van der Waals surface area contributed by atoms with Crippen molar-refractivity contribution >= 4 is 23.1 Å². The maximum Gasteiger partial charge on any atom is 0.344 e. The topological polar surface area (TPSA) is 116 Å². The quantitative estimate of drug-likeness (QED) is 0.158. The van der Waals surface area contributed by atoms with Crippen LogP contribution in [-0.2, 0) is 14.3 Å². The molecule has 0 amide bonds. The second-order valence-electron chi connectivity index (χ2n) is 6.64. The molecule has 1 aliphatic carbocycles. The smallest absolute Gasteiger partial charge is 0.344 e. The fourth-order valence-corrected chi connectivity index (χ4v) is 2.37. The van der Waals surface area contributed by atoms with Gasteiger partial charge in [0, 0.05) is 10.8 Å². The van der Waals surface area contributed by atoms with E-state index < -0.39 is 11.6 Å². The Labute approximate surface area is 151 Å². The number of aromatic hydroxyl groups is 1. The summed E-state index contributed by atoms with van der Waals surface area (Å²) >= 11 is 0. The van der Waals surface area contributed by atoms with Gasteiger partial charge in [0.1, 0.15) is 5.60 Å². The summed E-state index contributed by atoms with van der Waals surface area (Å²) in [7, 11) is 0. The van der Waals surface area contributed by atoms with Crippen LogP contribution in [0, 0.1) is 0 Å². The Balaban J connectivity index is 2.26. The lowest BCUT2D eigenvalue weighted by atomic mass is 10.1. The highest BCUT2D eigenvalue weighted by molar-refractivity contribution is 5.97. The van der Waals surface area contributed by atoms with Gasteiger partial charge in [0.2, 0.25) is 0 Å². The van der Waals surface area contributed by atoms with Crippen molar-refractivity contribution in [1.29, 1.82) is 0 Å². The fourth-order valence-electron chi connectivity index (χ4n) is 2.37. The summed E-state index contributed by atoms with van der Waals surface area (Å²) < 4.78 is 11.5. The minimum Gasteiger partial charge on any atom is -0.502 e. The van der Waals surface area contributed by atoms with Crippen LogP contribution in [0.5, 0.6) is 5.75 Å².